The van der Waals surface area contributed by atoms with Crippen LogP contribution in [0.15, 0.2) is 35.3 Å². The molecule has 3 heterocycles. The number of nitrogens with zero attached hydrogens (tertiary/aromatic N) is 4. The van der Waals surface area contributed by atoms with Crippen LogP contribution in [0.3, 0.4) is 0 Å². The smallest absolute Gasteiger partial charge is 0.275 e. The Morgan fingerprint density at radius 1 is 1.27 bits per heavy atom. The number of aromatic nitrogens is 3. The second-order valence-electron chi connectivity index (χ2n) is 5.75. The zero-order chi connectivity index (χ0) is 15.9. The van der Waals surface area contributed by atoms with Crippen LogP contribution in [0.2, 0.25) is 0 Å². The van der Waals surface area contributed by atoms with Crippen LogP contribution in [0.4, 0.5) is 0 Å². The molecule has 0 saturated heterocycles. The minimum atomic E-state index is -0.00110. The van der Waals surface area contributed by atoms with Crippen molar-refractivity contribution in [2.45, 2.75) is 13.0 Å². The van der Waals surface area contributed by atoms with Gasteiger partial charge in [0.2, 0.25) is 5.88 Å². The van der Waals surface area contributed by atoms with Crippen LogP contribution in [-0.4, -0.2) is 46.6 Å². The molecular weight excluding hydrogens is 280 g/mol. The standard InChI is InChI=1S/C16H20N4O2/c1-11(10-18(2)3)20-12-7-8-14(22-4)17-15(12)19-9-5-6-13(19)16(20)21/h5-9,11H,10H2,1-4H3. The zero-order valence-corrected chi connectivity index (χ0v) is 13.3. The first-order valence-electron chi connectivity index (χ1n) is 7.24. The van der Waals surface area contributed by atoms with Gasteiger partial charge in [-0.05, 0) is 39.2 Å². The van der Waals surface area contributed by atoms with E-state index in [2.05, 4.69) is 9.88 Å². The molecule has 0 aliphatic carbocycles. The molecule has 3 aromatic rings. The SMILES string of the molecule is COc1ccc2c(n1)n1cccc1c(=O)n2C(C)CN(C)C. The number of pyridine rings is 1. The van der Waals surface area contributed by atoms with E-state index in [-0.39, 0.29) is 11.6 Å². The van der Waals surface area contributed by atoms with Gasteiger partial charge in [0.25, 0.3) is 5.56 Å². The number of methoxy groups -OCH3 is 1. The van der Waals surface area contributed by atoms with Crippen molar-refractivity contribution in [3.05, 3.63) is 40.8 Å². The Balaban J connectivity index is 2.37. The number of fused-ring (bicyclic) bond motifs is 3. The Morgan fingerprint density at radius 3 is 2.73 bits per heavy atom. The summed E-state index contributed by atoms with van der Waals surface area (Å²) in [6.45, 7) is 2.82. The van der Waals surface area contributed by atoms with Gasteiger partial charge in [0, 0.05) is 24.8 Å². The van der Waals surface area contributed by atoms with Crippen LogP contribution in [0, 0.1) is 0 Å². The Kier molecular flexibility index (Phi) is 3.62. The maximum absolute atomic E-state index is 12.8. The number of likely N-dealkylation sites (N-methyl/N-ethyl adjacent to an activating group) is 1. The van der Waals surface area contributed by atoms with Gasteiger partial charge in [-0.15, -0.1) is 0 Å². The lowest BCUT2D eigenvalue weighted by Gasteiger charge is -2.22. The van der Waals surface area contributed by atoms with Gasteiger partial charge >= 0.3 is 0 Å². The highest BCUT2D eigenvalue weighted by atomic mass is 16.5. The fourth-order valence-electron chi connectivity index (χ4n) is 2.92. The molecule has 0 aliphatic heterocycles. The maximum Gasteiger partial charge on any atom is 0.275 e. The highest BCUT2D eigenvalue weighted by molar-refractivity contribution is 5.76. The molecule has 1 atom stereocenters. The lowest BCUT2D eigenvalue weighted by molar-refractivity contribution is 0.337. The molecule has 3 rings (SSSR count). The first kappa shape index (κ1) is 14.6. The van der Waals surface area contributed by atoms with Crippen LogP contribution in [0.1, 0.15) is 13.0 Å². The number of hydrogen-bond acceptors (Lipinski definition) is 4. The van der Waals surface area contributed by atoms with Gasteiger partial charge in [-0.3, -0.25) is 13.8 Å². The summed E-state index contributed by atoms with van der Waals surface area (Å²) in [4.78, 5) is 19.4. The molecule has 0 spiro atoms. The third kappa shape index (κ3) is 2.25. The molecule has 3 aromatic heterocycles. The van der Waals surface area contributed by atoms with Gasteiger partial charge < -0.3 is 9.64 Å². The van der Waals surface area contributed by atoms with Crippen LogP contribution < -0.4 is 10.3 Å². The second kappa shape index (κ2) is 5.46. The average Bonchev–Trinajstić information content (AvgIpc) is 2.96. The molecule has 6 nitrogen and oxygen atoms in total. The molecular formula is C16H20N4O2. The lowest BCUT2D eigenvalue weighted by Crippen LogP contribution is -2.31. The maximum atomic E-state index is 12.8. The lowest BCUT2D eigenvalue weighted by atomic mass is 10.2. The predicted octanol–water partition coefficient (Wildman–Crippen LogP) is 1.78. The van der Waals surface area contributed by atoms with Crippen molar-refractivity contribution < 1.29 is 4.74 Å². The van der Waals surface area contributed by atoms with Crippen molar-refractivity contribution in [3.8, 4) is 5.88 Å². The van der Waals surface area contributed by atoms with Gasteiger partial charge in [-0.25, -0.2) is 0 Å². The van der Waals surface area contributed by atoms with Gasteiger partial charge in [0.15, 0.2) is 5.65 Å². The molecule has 0 saturated carbocycles. The number of rotatable bonds is 4. The van der Waals surface area contributed by atoms with Crippen molar-refractivity contribution in [1.29, 1.82) is 0 Å². The zero-order valence-electron chi connectivity index (χ0n) is 13.3. The predicted molar refractivity (Wildman–Crippen MR) is 86.8 cm³/mol. The minimum Gasteiger partial charge on any atom is -0.481 e. The van der Waals surface area contributed by atoms with E-state index in [1.165, 1.54) is 0 Å². The Morgan fingerprint density at radius 2 is 2.05 bits per heavy atom. The second-order valence-corrected chi connectivity index (χ2v) is 5.75. The summed E-state index contributed by atoms with van der Waals surface area (Å²) in [7, 11) is 5.59. The summed E-state index contributed by atoms with van der Waals surface area (Å²) in [6, 6.07) is 7.41. The third-order valence-electron chi connectivity index (χ3n) is 3.78. The van der Waals surface area contributed by atoms with Crippen LogP contribution in [0.5, 0.6) is 5.88 Å². The number of ether oxygens (including phenoxy) is 1. The summed E-state index contributed by atoms with van der Waals surface area (Å²) in [5.41, 5.74) is 2.16. The molecule has 116 valence electrons. The van der Waals surface area contributed by atoms with Crippen LogP contribution in [0.25, 0.3) is 16.7 Å². The van der Waals surface area contributed by atoms with E-state index >= 15 is 0 Å². The molecule has 22 heavy (non-hydrogen) atoms. The molecule has 0 radical (unpaired) electrons. The molecule has 0 bridgehead atoms. The third-order valence-corrected chi connectivity index (χ3v) is 3.78. The minimum absolute atomic E-state index is 0.00110. The van der Waals surface area contributed by atoms with Crippen molar-refractivity contribution >= 4 is 16.7 Å². The highest BCUT2D eigenvalue weighted by Gasteiger charge is 2.17. The molecule has 0 amide bonds. The Hall–Kier alpha value is -2.34. The van der Waals surface area contributed by atoms with Gasteiger partial charge in [0.1, 0.15) is 5.52 Å². The van der Waals surface area contributed by atoms with Gasteiger partial charge in [0.05, 0.1) is 12.6 Å². The Bertz CT molecular complexity index is 879. The van der Waals surface area contributed by atoms with Crippen molar-refractivity contribution in [3.63, 3.8) is 0 Å². The first-order valence-corrected chi connectivity index (χ1v) is 7.24. The molecule has 0 aromatic carbocycles. The molecule has 0 aliphatic rings. The largest absolute Gasteiger partial charge is 0.481 e. The summed E-state index contributed by atoms with van der Waals surface area (Å²) in [5, 5.41) is 0. The summed E-state index contributed by atoms with van der Waals surface area (Å²) in [6.07, 6.45) is 1.85. The van der Waals surface area contributed by atoms with Crippen molar-refractivity contribution in [2.75, 3.05) is 27.7 Å². The van der Waals surface area contributed by atoms with Gasteiger partial charge in [-0.1, -0.05) is 0 Å². The Labute approximate surface area is 128 Å². The molecule has 0 fully saturated rings. The van der Waals surface area contributed by atoms with Crippen LogP contribution in [-0.2, 0) is 0 Å². The van der Waals surface area contributed by atoms with E-state index in [4.69, 9.17) is 4.74 Å². The monoisotopic (exact) mass is 300 g/mol. The number of hydrogen-bond donors (Lipinski definition) is 0. The van der Waals surface area contributed by atoms with E-state index in [0.717, 1.165) is 17.7 Å². The molecule has 1 unspecified atom stereocenters. The summed E-state index contributed by atoms with van der Waals surface area (Å²) >= 11 is 0. The summed E-state index contributed by atoms with van der Waals surface area (Å²) < 4.78 is 8.86. The van der Waals surface area contributed by atoms with E-state index < -0.39 is 0 Å². The van der Waals surface area contributed by atoms with Crippen molar-refractivity contribution in [2.24, 2.45) is 0 Å². The van der Waals surface area contributed by atoms with Crippen LogP contribution >= 0.6 is 0 Å². The van der Waals surface area contributed by atoms with Crippen molar-refractivity contribution in [1.82, 2.24) is 18.9 Å². The summed E-state index contributed by atoms with van der Waals surface area (Å²) in [5.74, 6) is 0.535. The average molecular weight is 300 g/mol. The topological polar surface area (TPSA) is 51.8 Å². The van der Waals surface area contributed by atoms with E-state index in [1.807, 2.05) is 54.4 Å². The van der Waals surface area contributed by atoms with Gasteiger partial charge in [-0.2, -0.15) is 4.98 Å². The first-order chi connectivity index (χ1) is 10.5. The quantitative estimate of drug-likeness (QED) is 0.737. The highest BCUT2D eigenvalue weighted by Crippen LogP contribution is 2.20. The normalized spacial score (nSPS) is 13.1. The van der Waals surface area contributed by atoms with E-state index in [9.17, 15) is 4.79 Å². The fraction of sp³-hybridized carbons (Fsp3) is 0.375. The van der Waals surface area contributed by atoms with E-state index in [0.29, 0.717) is 11.4 Å². The molecule has 0 N–H and O–H groups in total. The molecule has 6 heteroatoms. The van der Waals surface area contributed by atoms with E-state index in [1.54, 1.807) is 13.2 Å². The fourth-order valence-corrected chi connectivity index (χ4v) is 2.92.